The van der Waals surface area contributed by atoms with Gasteiger partial charge in [-0.15, -0.1) is 0 Å². The van der Waals surface area contributed by atoms with Gasteiger partial charge in [0.2, 0.25) is 0 Å². The number of phenols is 1. The Morgan fingerprint density at radius 3 is 2.73 bits per heavy atom. The molecule has 0 amide bonds. The smallest absolute Gasteiger partial charge is 0.115 e. The molecule has 144 valence electrons. The highest BCUT2D eigenvalue weighted by atomic mass is 16.3. The number of benzene rings is 1. The van der Waals surface area contributed by atoms with Gasteiger partial charge in [-0.25, -0.2) is 0 Å². The van der Waals surface area contributed by atoms with Crippen molar-refractivity contribution in [1.29, 1.82) is 0 Å². The summed E-state index contributed by atoms with van der Waals surface area (Å²) in [4.78, 5) is 0. The number of phenolic OH excluding ortho intramolecular Hbond substituents is 1. The van der Waals surface area contributed by atoms with Crippen molar-refractivity contribution in [2.75, 3.05) is 0 Å². The first kappa shape index (κ1) is 18.3. The highest BCUT2D eigenvalue weighted by Gasteiger charge is 2.60. The molecule has 0 saturated heterocycles. The van der Waals surface area contributed by atoms with E-state index in [9.17, 15) is 10.2 Å². The molecule has 26 heavy (non-hydrogen) atoms. The van der Waals surface area contributed by atoms with Crippen LogP contribution in [-0.4, -0.2) is 15.8 Å². The van der Waals surface area contributed by atoms with Crippen molar-refractivity contribution in [3.05, 3.63) is 29.3 Å². The van der Waals surface area contributed by atoms with Crippen molar-refractivity contribution >= 4 is 0 Å². The molecule has 0 heterocycles. The number of aryl methyl sites for hydroxylation is 1. The van der Waals surface area contributed by atoms with E-state index in [1.165, 1.54) is 56.1 Å². The summed E-state index contributed by atoms with van der Waals surface area (Å²) in [6.07, 6.45) is 12.9. The fourth-order valence-corrected chi connectivity index (χ4v) is 6.93. The summed E-state index contributed by atoms with van der Waals surface area (Å²) in [7, 11) is 0. The molecule has 0 aromatic heterocycles. The Hall–Kier alpha value is -1.02. The minimum absolute atomic E-state index is 0.106. The first-order valence-electron chi connectivity index (χ1n) is 11.0. The maximum Gasteiger partial charge on any atom is 0.115 e. The first-order chi connectivity index (χ1) is 12.5. The van der Waals surface area contributed by atoms with E-state index in [-0.39, 0.29) is 5.41 Å². The highest BCUT2D eigenvalue weighted by Crippen LogP contribution is 2.65. The van der Waals surface area contributed by atoms with Crippen molar-refractivity contribution < 1.29 is 10.2 Å². The molecular weight excluding hydrogens is 320 g/mol. The zero-order chi connectivity index (χ0) is 18.4. The number of rotatable bonds is 5. The standard InChI is InChI=1S/C24H36O2/c1-3-4-5-6-13-24(26)15-12-22-21-9-7-17-16-18(25)8-10-19(17)20(21)11-14-23(22,24)2/h8,10,16,20-22,25-26H,3-7,9,11-15H2,1-2H3/t20-,21-,22+,23+,24+/m1/s1. The third-order valence-electron chi connectivity index (χ3n) is 8.48. The molecule has 1 aromatic rings. The van der Waals surface area contributed by atoms with Crippen LogP contribution in [0.5, 0.6) is 5.75 Å². The lowest BCUT2D eigenvalue weighted by molar-refractivity contribution is -0.108. The third kappa shape index (κ3) is 2.80. The van der Waals surface area contributed by atoms with Gasteiger partial charge in [0.15, 0.2) is 0 Å². The molecule has 2 saturated carbocycles. The summed E-state index contributed by atoms with van der Waals surface area (Å²) >= 11 is 0. The highest BCUT2D eigenvalue weighted by molar-refractivity contribution is 5.40. The maximum atomic E-state index is 11.6. The Morgan fingerprint density at radius 1 is 1.08 bits per heavy atom. The second-order valence-corrected chi connectivity index (χ2v) is 9.64. The zero-order valence-electron chi connectivity index (χ0n) is 16.6. The first-order valence-corrected chi connectivity index (χ1v) is 11.0. The van der Waals surface area contributed by atoms with E-state index in [2.05, 4.69) is 19.9 Å². The van der Waals surface area contributed by atoms with Crippen LogP contribution in [0.4, 0.5) is 0 Å². The SMILES string of the molecule is CCCCCC[C@]1(O)CC[C@H]2[C@@H]3CCc4cc(O)ccc4[C@H]3CC[C@@]21C. The number of unbranched alkanes of at least 4 members (excludes halogenated alkanes) is 3. The normalized spacial score (nSPS) is 38.5. The Bertz CT molecular complexity index is 654. The minimum Gasteiger partial charge on any atom is -0.508 e. The van der Waals surface area contributed by atoms with Gasteiger partial charge in [-0.2, -0.15) is 0 Å². The van der Waals surface area contributed by atoms with Crippen LogP contribution in [0.25, 0.3) is 0 Å². The topological polar surface area (TPSA) is 40.5 Å². The van der Waals surface area contributed by atoms with Gasteiger partial charge < -0.3 is 10.2 Å². The van der Waals surface area contributed by atoms with Gasteiger partial charge in [0, 0.05) is 0 Å². The predicted molar refractivity (Wildman–Crippen MR) is 106 cm³/mol. The van der Waals surface area contributed by atoms with Crippen molar-refractivity contribution in [1.82, 2.24) is 0 Å². The monoisotopic (exact) mass is 356 g/mol. The third-order valence-corrected chi connectivity index (χ3v) is 8.48. The lowest BCUT2D eigenvalue weighted by Crippen LogP contribution is -2.50. The quantitative estimate of drug-likeness (QED) is 0.640. The summed E-state index contributed by atoms with van der Waals surface area (Å²) < 4.78 is 0. The summed E-state index contributed by atoms with van der Waals surface area (Å²) in [5.41, 5.74) is 2.52. The molecule has 2 fully saturated rings. The molecule has 5 atom stereocenters. The van der Waals surface area contributed by atoms with E-state index < -0.39 is 5.60 Å². The van der Waals surface area contributed by atoms with Gasteiger partial charge in [-0.1, -0.05) is 45.6 Å². The number of aliphatic hydroxyl groups is 1. The molecular formula is C24H36O2. The second-order valence-electron chi connectivity index (χ2n) is 9.64. The van der Waals surface area contributed by atoms with Crippen LogP contribution in [0.2, 0.25) is 0 Å². The summed E-state index contributed by atoms with van der Waals surface area (Å²) in [5.74, 6) is 2.43. The Kier molecular flexibility index (Phi) is 4.84. The van der Waals surface area contributed by atoms with Crippen molar-refractivity contribution in [2.45, 2.75) is 96.0 Å². The van der Waals surface area contributed by atoms with Gasteiger partial charge in [-0.05, 0) is 91.4 Å². The fraction of sp³-hybridized carbons (Fsp3) is 0.750. The van der Waals surface area contributed by atoms with Crippen molar-refractivity contribution in [2.24, 2.45) is 17.3 Å². The van der Waals surface area contributed by atoms with Crippen LogP contribution in [0, 0.1) is 17.3 Å². The molecule has 0 unspecified atom stereocenters. The van der Waals surface area contributed by atoms with Gasteiger partial charge >= 0.3 is 0 Å². The van der Waals surface area contributed by atoms with E-state index >= 15 is 0 Å². The van der Waals surface area contributed by atoms with E-state index in [1.54, 1.807) is 0 Å². The lowest BCUT2D eigenvalue weighted by Gasteiger charge is -2.53. The fourth-order valence-electron chi connectivity index (χ4n) is 6.93. The van der Waals surface area contributed by atoms with Crippen molar-refractivity contribution in [3.8, 4) is 5.75 Å². The van der Waals surface area contributed by atoms with Gasteiger partial charge in [-0.3, -0.25) is 0 Å². The predicted octanol–water partition coefficient (Wildman–Crippen LogP) is 5.95. The molecule has 0 radical (unpaired) electrons. The summed E-state index contributed by atoms with van der Waals surface area (Å²) in [6.45, 7) is 4.66. The van der Waals surface area contributed by atoms with Crippen LogP contribution < -0.4 is 0 Å². The largest absolute Gasteiger partial charge is 0.508 e. The number of hydrogen-bond donors (Lipinski definition) is 2. The molecule has 3 aliphatic carbocycles. The van der Waals surface area contributed by atoms with E-state index in [0.717, 1.165) is 31.6 Å². The Labute approximate surface area is 159 Å². The second kappa shape index (κ2) is 6.86. The molecule has 0 aliphatic heterocycles. The molecule has 4 rings (SSSR count). The molecule has 1 aromatic carbocycles. The molecule has 3 aliphatic rings. The van der Waals surface area contributed by atoms with Crippen LogP contribution in [-0.2, 0) is 6.42 Å². The van der Waals surface area contributed by atoms with Crippen molar-refractivity contribution in [3.63, 3.8) is 0 Å². The lowest BCUT2D eigenvalue weighted by atomic mass is 9.53. The van der Waals surface area contributed by atoms with E-state index in [1.807, 2.05) is 12.1 Å². The van der Waals surface area contributed by atoms with Crippen LogP contribution >= 0.6 is 0 Å². The van der Waals surface area contributed by atoms with Gasteiger partial charge in [0.05, 0.1) is 5.60 Å². The summed E-state index contributed by atoms with van der Waals surface area (Å²) in [6, 6.07) is 6.03. The zero-order valence-corrected chi connectivity index (χ0v) is 16.6. The molecule has 0 spiro atoms. The van der Waals surface area contributed by atoms with E-state index in [4.69, 9.17) is 0 Å². The van der Waals surface area contributed by atoms with Gasteiger partial charge in [0.1, 0.15) is 5.75 Å². The van der Waals surface area contributed by atoms with E-state index in [0.29, 0.717) is 17.6 Å². The van der Waals surface area contributed by atoms with Crippen LogP contribution in [0.1, 0.15) is 95.1 Å². The average molecular weight is 357 g/mol. The molecule has 0 bridgehead atoms. The Morgan fingerprint density at radius 2 is 1.92 bits per heavy atom. The summed E-state index contributed by atoms with van der Waals surface area (Å²) in [5, 5.41) is 21.5. The molecule has 2 heteroatoms. The number of fused-ring (bicyclic) bond motifs is 5. The molecule has 2 nitrogen and oxygen atoms in total. The van der Waals surface area contributed by atoms with Crippen LogP contribution in [0.3, 0.4) is 0 Å². The number of hydrogen-bond acceptors (Lipinski definition) is 2. The average Bonchev–Trinajstić information content (AvgIpc) is 2.90. The molecule has 2 N–H and O–H groups in total. The van der Waals surface area contributed by atoms with Gasteiger partial charge in [0.25, 0.3) is 0 Å². The van der Waals surface area contributed by atoms with Crippen LogP contribution in [0.15, 0.2) is 18.2 Å². The Balaban J connectivity index is 1.54. The minimum atomic E-state index is -0.439. The number of aromatic hydroxyl groups is 1. The maximum absolute atomic E-state index is 11.6.